The molecule has 0 saturated carbocycles. The Labute approximate surface area is 77.1 Å². The molecule has 1 heterocycles. The molecule has 0 bridgehead atoms. The van der Waals surface area contributed by atoms with E-state index in [9.17, 15) is 0 Å². The number of aryl methyl sites for hydroxylation is 1. The van der Waals surface area contributed by atoms with Crippen molar-refractivity contribution >= 4 is 11.7 Å². The van der Waals surface area contributed by atoms with Crippen molar-refractivity contribution in [2.45, 2.75) is 13.8 Å². The first-order chi connectivity index (χ1) is 6.11. The van der Waals surface area contributed by atoms with E-state index in [1.165, 1.54) is 5.56 Å². The maximum atomic E-state index is 8.12. The first-order valence-corrected chi connectivity index (χ1v) is 3.69. The smallest absolute Gasteiger partial charge is 0.262 e. The molecule has 3 nitrogen and oxygen atoms in total. The molecule has 0 aliphatic carbocycles. The topological polar surface area (TPSA) is 47.0 Å². The van der Waals surface area contributed by atoms with Gasteiger partial charge < -0.3 is 0 Å². The van der Waals surface area contributed by atoms with E-state index in [1.807, 2.05) is 26.0 Å². The number of rotatable bonds is 1. The molecule has 1 aromatic rings. The molecule has 1 rings (SSSR count). The highest BCUT2D eigenvalue weighted by atomic mass is 16.2. The van der Waals surface area contributed by atoms with Crippen LogP contribution in [0.1, 0.15) is 18.2 Å². The number of nitrogens with zero attached hydrogens (tertiary/aromatic N) is 1. The van der Waals surface area contributed by atoms with E-state index < -0.39 is 0 Å². The Morgan fingerprint density at radius 2 is 2.08 bits per heavy atom. The van der Waals surface area contributed by atoms with Crippen molar-refractivity contribution in [2.24, 2.45) is 0 Å². The Morgan fingerprint density at radius 1 is 1.54 bits per heavy atom. The molecule has 0 spiro atoms. The lowest BCUT2D eigenvalue weighted by atomic mass is 10.1. The standard InChI is InChI=1S/C9H11N.CO2/c1-7(2)9-4-5-10-8(3)6-9;2-1-3/h4-6H,1H2,2-3H3;. The van der Waals surface area contributed by atoms with E-state index >= 15 is 0 Å². The minimum absolute atomic E-state index is 0.250. The van der Waals surface area contributed by atoms with E-state index in [4.69, 9.17) is 9.59 Å². The number of aromatic nitrogens is 1. The van der Waals surface area contributed by atoms with Crippen LogP contribution >= 0.6 is 0 Å². The number of pyridine rings is 1. The van der Waals surface area contributed by atoms with Crippen LogP contribution in [0.15, 0.2) is 24.9 Å². The summed E-state index contributed by atoms with van der Waals surface area (Å²) in [5.74, 6) is 0. The molecule has 68 valence electrons. The molecule has 0 radical (unpaired) electrons. The molecule has 0 aliphatic heterocycles. The van der Waals surface area contributed by atoms with Crippen molar-refractivity contribution in [3.05, 3.63) is 36.2 Å². The van der Waals surface area contributed by atoms with Gasteiger partial charge in [-0.15, -0.1) is 0 Å². The lowest BCUT2D eigenvalue weighted by Crippen LogP contribution is -1.82. The largest absolute Gasteiger partial charge is 0.373 e. The predicted octanol–water partition coefficient (Wildman–Crippen LogP) is 1.84. The molecule has 1 aromatic heterocycles. The van der Waals surface area contributed by atoms with Gasteiger partial charge in [-0.3, -0.25) is 4.98 Å². The monoisotopic (exact) mass is 177 g/mol. The summed E-state index contributed by atoms with van der Waals surface area (Å²) in [6.45, 7) is 7.81. The van der Waals surface area contributed by atoms with Gasteiger partial charge in [0.2, 0.25) is 0 Å². The van der Waals surface area contributed by atoms with Crippen LogP contribution in [0.3, 0.4) is 0 Å². The SMILES string of the molecule is C=C(C)c1ccnc(C)c1.O=C=O. The maximum absolute atomic E-state index is 8.12. The lowest BCUT2D eigenvalue weighted by molar-refractivity contribution is -0.191. The van der Waals surface area contributed by atoms with Gasteiger partial charge in [-0.25, -0.2) is 0 Å². The van der Waals surface area contributed by atoms with Gasteiger partial charge in [0.15, 0.2) is 0 Å². The van der Waals surface area contributed by atoms with Crippen LogP contribution in [0.25, 0.3) is 5.57 Å². The summed E-state index contributed by atoms with van der Waals surface area (Å²) in [6.07, 6.45) is 2.05. The van der Waals surface area contributed by atoms with Crippen LogP contribution in [0.5, 0.6) is 0 Å². The molecule has 3 heteroatoms. The van der Waals surface area contributed by atoms with E-state index in [0.717, 1.165) is 11.3 Å². The molecule has 0 N–H and O–H groups in total. The predicted molar refractivity (Wildman–Crippen MR) is 48.7 cm³/mol. The number of carbonyl (C=O) groups excluding carboxylic acids is 2. The third-order valence-electron chi connectivity index (χ3n) is 1.39. The van der Waals surface area contributed by atoms with Gasteiger partial charge >= 0.3 is 6.15 Å². The van der Waals surface area contributed by atoms with Crippen LogP contribution < -0.4 is 0 Å². The Bertz CT molecular complexity index is 325. The van der Waals surface area contributed by atoms with Crippen molar-refractivity contribution in [2.75, 3.05) is 0 Å². The van der Waals surface area contributed by atoms with Crippen molar-refractivity contribution in [1.29, 1.82) is 0 Å². The maximum Gasteiger partial charge on any atom is 0.373 e. The van der Waals surface area contributed by atoms with E-state index in [1.54, 1.807) is 6.20 Å². The second-order valence-corrected chi connectivity index (χ2v) is 2.55. The molecule has 0 amide bonds. The fourth-order valence-corrected chi connectivity index (χ4v) is 0.811. The Kier molecular flexibility index (Phi) is 5.08. The zero-order valence-electron chi connectivity index (χ0n) is 7.70. The van der Waals surface area contributed by atoms with Crippen molar-refractivity contribution < 1.29 is 9.59 Å². The lowest BCUT2D eigenvalue weighted by Gasteiger charge is -1.98. The van der Waals surface area contributed by atoms with Crippen LogP contribution in [0.4, 0.5) is 0 Å². The third-order valence-corrected chi connectivity index (χ3v) is 1.39. The van der Waals surface area contributed by atoms with Crippen LogP contribution in [-0.4, -0.2) is 11.1 Å². The minimum atomic E-state index is 0.250. The van der Waals surface area contributed by atoms with Crippen molar-refractivity contribution in [3.8, 4) is 0 Å². The number of allylic oxidation sites excluding steroid dienone is 1. The highest BCUT2D eigenvalue weighted by Gasteiger charge is 1.91. The van der Waals surface area contributed by atoms with E-state index in [0.29, 0.717) is 0 Å². The van der Waals surface area contributed by atoms with Gasteiger partial charge in [-0.1, -0.05) is 12.2 Å². The van der Waals surface area contributed by atoms with Gasteiger partial charge in [-0.05, 0) is 31.5 Å². The van der Waals surface area contributed by atoms with E-state index in [2.05, 4.69) is 11.6 Å². The molecule has 0 atom stereocenters. The van der Waals surface area contributed by atoms with E-state index in [-0.39, 0.29) is 6.15 Å². The van der Waals surface area contributed by atoms with Crippen LogP contribution in [0.2, 0.25) is 0 Å². The van der Waals surface area contributed by atoms with Gasteiger partial charge in [0.1, 0.15) is 0 Å². The average Bonchev–Trinajstić information content (AvgIpc) is 2.05. The summed E-state index contributed by atoms with van der Waals surface area (Å²) in [5.41, 5.74) is 3.30. The second-order valence-electron chi connectivity index (χ2n) is 2.55. The Hall–Kier alpha value is -1.73. The van der Waals surface area contributed by atoms with Crippen LogP contribution in [0, 0.1) is 6.92 Å². The van der Waals surface area contributed by atoms with Gasteiger partial charge in [0.05, 0.1) is 0 Å². The number of hydrogen-bond donors (Lipinski definition) is 0. The second kappa shape index (κ2) is 5.86. The van der Waals surface area contributed by atoms with Gasteiger partial charge in [0.25, 0.3) is 0 Å². The summed E-state index contributed by atoms with van der Waals surface area (Å²) in [5, 5.41) is 0. The van der Waals surface area contributed by atoms with Crippen LogP contribution in [-0.2, 0) is 9.59 Å². The molecular formula is C10H11NO2. The molecular weight excluding hydrogens is 166 g/mol. The summed E-state index contributed by atoms with van der Waals surface area (Å²) in [4.78, 5) is 20.3. The molecule has 0 aliphatic rings. The third kappa shape index (κ3) is 4.67. The number of hydrogen-bond acceptors (Lipinski definition) is 3. The molecule has 13 heavy (non-hydrogen) atoms. The summed E-state index contributed by atoms with van der Waals surface area (Å²) >= 11 is 0. The first kappa shape index (κ1) is 11.3. The highest BCUT2D eigenvalue weighted by Crippen LogP contribution is 2.10. The van der Waals surface area contributed by atoms with Crippen molar-refractivity contribution in [1.82, 2.24) is 4.98 Å². The molecule has 0 saturated heterocycles. The molecule has 0 unspecified atom stereocenters. The zero-order chi connectivity index (χ0) is 10.3. The fraction of sp³-hybridized carbons (Fsp3) is 0.200. The van der Waals surface area contributed by atoms with Gasteiger partial charge in [0, 0.05) is 11.9 Å². The highest BCUT2D eigenvalue weighted by molar-refractivity contribution is 5.60. The normalized spacial score (nSPS) is 7.85. The van der Waals surface area contributed by atoms with Crippen molar-refractivity contribution in [3.63, 3.8) is 0 Å². The first-order valence-electron chi connectivity index (χ1n) is 3.69. The average molecular weight is 177 g/mol. The van der Waals surface area contributed by atoms with Gasteiger partial charge in [-0.2, -0.15) is 9.59 Å². The fourth-order valence-electron chi connectivity index (χ4n) is 0.811. The molecule has 0 aromatic carbocycles. The zero-order valence-corrected chi connectivity index (χ0v) is 7.70. The Balaban J connectivity index is 0.000000424. The quantitative estimate of drug-likeness (QED) is 0.657. The summed E-state index contributed by atoms with van der Waals surface area (Å²) in [7, 11) is 0. The Morgan fingerprint density at radius 3 is 2.38 bits per heavy atom. The summed E-state index contributed by atoms with van der Waals surface area (Å²) in [6, 6.07) is 4.00. The minimum Gasteiger partial charge on any atom is -0.262 e. The summed E-state index contributed by atoms with van der Waals surface area (Å²) < 4.78 is 0. The molecule has 0 fully saturated rings.